The lowest BCUT2D eigenvalue weighted by Gasteiger charge is -2.51. The molecule has 0 aromatic heterocycles. The van der Waals surface area contributed by atoms with Crippen LogP contribution in [0.3, 0.4) is 0 Å². The summed E-state index contributed by atoms with van der Waals surface area (Å²) in [5.74, 6) is 0. The third-order valence-corrected chi connectivity index (χ3v) is 6.52. The number of carbonyl (C=O) groups is 4. The Labute approximate surface area is 231 Å². The maximum atomic E-state index is 12.6. The molecule has 0 unspecified atom stereocenters. The second-order valence-electron chi connectivity index (χ2n) is 13.9. The van der Waals surface area contributed by atoms with Crippen molar-refractivity contribution in [3.05, 3.63) is 0 Å². The van der Waals surface area contributed by atoms with E-state index in [1.807, 2.05) is 0 Å². The molecule has 13 nitrogen and oxygen atoms in total. The molecule has 0 aliphatic carbocycles. The minimum atomic E-state index is -1.35. The summed E-state index contributed by atoms with van der Waals surface area (Å²) in [6, 6.07) is 0. The second kappa shape index (κ2) is 11.3. The van der Waals surface area contributed by atoms with Gasteiger partial charge in [-0.05, 0) is 95.9 Å². The molecule has 13 heteroatoms. The summed E-state index contributed by atoms with van der Waals surface area (Å²) in [5.41, 5.74) is -4.14. The normalized spacial score (nSPS) is 18.7. The van der Waals surface area contributed by atoms with Gasteiger partial charge in [0.1, 0.15) is 12.3 Å². The Morgan fingerprint density at radius 3 is 0.821 bits per heavy atom. The van der Waals surface area contributed by atoms with Gasteiger partial charge in [0.15, 0.2) is 0 Å². The Hall–Kier alpha value is -2.96. The van der Waals surface area contributed by atoms with E-state index in [4.69, 9.17) is 4.74 Å². The van der Waals surface area contributed by atoms with Gasteiger partial charge in [0.25, 0.3) is 0 Å². The van der Waals surface area contributed by atoms with Crippen molar-refractivity contribution in [3.63, 3.8) is 0 Å². The van der Waals surface area contributed by atoms with Gasteiger partial charge in [-0.3, -0.25) is 19.6 Å². The summed E-state index contributed by atoms with van der Waals surface area (Å²) in [6.07, 6.45) is -9.68. The van der Waals surface area contributed by atoms with Crippen LogP contribution in [0.25, 0.3) is 0 Å². The molecule has 0 radical (unpaired) electrons. The number of hydrogen-bond donors (Lipinski definition) is 4. The molecule has 1 heterocycles. The summed E-state index contributed by atoms with van der Waals surface area (Å²) < 4.78 is 6.37. The number of ether oxygens (including phenoxy) is 1. The smallest absolute Gasteiger partial charge is 0.409 e. The van der Waals surface area contributed by atoms with E-state index < -0.39 is 71.1 Å². The average Bonchev–Trinajstić information content (AvgIpc) is 3.10. The lowest BCUT2D eigenvalue weighted by molar-refractivity contribution is -0.139. The van der Waals surface area contributed by atoms with Gasteiger partial charge >= 0.3 is 24.4 Å². The Morgan fingerprint density at radius 1 is 0.513 bits per heavy atom. The number of nitrogens with zero attached hydrogens (tertiary/aromatic N) is 4. The Bertz CT molecular complexity index is 790. The number of carboxylic acid groups (broad SMARTS) is 4. The summed E-state index contributed by atoms with van der Waals surface area (Å²) in [4.78, 5) is 54.3. The summed E-state index contributed by atoms with van der Waals surface area (Å²) in [5, 5.41) is 40.9. The van der Waals surface area contributed by atoms with Crippen LogP contribution < -0.4 is 0 Å². The van der Waals surface area contributed by atoms with Gasteiger partial charge in [0, 0.05) is 22.2 Å². The maximum Gasteiger partial charge on any atom is 0.409 e. The van der Waals surface area contributed by atoms with Crippen molar-refractivity contribution in [1.29, 1.82) is 0 Å². The molecular formula is C26H48N4O9. The van der Waals surface area contributed by atoms with Gasteiger partial charge in [-0.25, -0.2) is 19.2 Å². The SMILES string of the molecule is CC(C)(C)N(C(=O)O)C([C@@H]1CC[C@@H](C(N(C(=O)O)C(C)(C)C)N(C(=O)O)C(C)(C)C)O1)N(C(=O)O)C(C)(C)C. The lowest BCUT2D eigenvalue weighted by atomic mass is 9.97. The molecule has 0 spiro atoms. The van der Waals surface area contributed by atoms with Crippen LogP contribution in [0.1, 0.15) is 95.9 Å². The number of amides is 4. The van der Waals surface area contributed by atoms with E-state index in [9.17, 15) is 39.6 Å². The molecule has 0 bridgehead atoms. The fourth-order valence-corrected chi connectivity index (χ4v) is 5.21. The van der Waals surface area contributed by atoms with Crippen molar-refractivity contribution >= 4 is 24.4 Å². The van der Waals surface area contributed by atoms with Gasteiger partial charge in [0.05, 0.1) is 12.2 Å². The van der Waals surface area contributed by atoms with E-state index in [-0.39, 0.29) is 12.8 Å². The summed E-state index contributed by atoms with van der Waals surface area (Å²) in [6.45, 7) is 19.7. The van der Waals surface area contributed by atoms with Crippen LogP contribution in [0, 0.1) is 0 Å². The average molecular weight is 561 g/mol. The first-order valence-corrected chi connectivity index (χ1v) is 13.0. The summed E-state index contributed by atoms with van der Waals surface area (Å²) >= 11 is 0. The van der Waals surface area contributed by atoms with Gasteiger partial charge < -0.3 is 25.2 Å². The first-order chi connectivity index (χ1) is 17.2. The van der Waals surface area contributed by atoms with Crippen LogP contribution in [0.2, 0.25) is 0 Å². The topological polar surface area (TPSA) is 171 Å². The first kappa shape index (κ1) is 34.1. The van der Waals surface area contributed by atoms with Crippen molar-refractivity contribution in [2.75, 3.05) is 0 Å². The van der Waals surface area contributed by atoms with E-state index >= 15 is 0 Å². The van der Waals surface area contributed by atoms with E-state index in [0.29, 0.717) is 0 Å². The van der Waals surface area contributed by atoms with E-state index in [1.165, 1.54) is 0 Å². The Balaban J connectivity index is 3.84. The highest BCUT2D eigenvalue weighted by atomic mass is 16.5. The first-order valence-electron chi connectivity index (χ1n) is 13.0. The largest absolute Gasteiger partial charge is 0.465 e. The molecule has 1 aliphatic heterocycles. The molecule has 1 aliphatic rings. The molecule has 0 aromatic rings. The molecule has 2 atom stereocenters. The molecule has 0 saturated carbocycles. The zero-order valence-corrected chi connectivity index (χ0v) is 25.3. The molecule has 4 N–H and O–H groups in total. The minimum absolute atomic E-state index is 0.167. The van der Waals surface area contributed by atoms with Crippen molar-refractivity contribution in [2.24, 2.45) is 0 Å². The summed E-state index contributed by atoms with van der Waals surface area (Å²) in [7, 11) is 0. The van der Waals surface area contributed by atoms with Crippen LogP contribution >= 0.6 is 0 Å². The highest BCUT2D eigenvalue weighted by Gasteiger charge is 2.54. The van der Waals surface area contributed by atoms with Crippen LogP contribution in [-0.2, 0) is 4.74 Å². The number of hydrogen-bond acceptors (Lipinski definition) is 5. The van der Waals surface area contributed by atoms with Crippen LogP contribution in [0.5, 0.6) is 0 Å². The molecule has 1 saturated heterocycles. The highest BCUT2D eigenvalue weighted by molar-refractivity contribution is 5.71. The fourth-order valence-electron chi connectivity index (χ4n) is 5.21. The fraction of sp³-hybridized carbons (Fsp3) is 0.846. The van der Waals surface area contributed by atoms with E-state index in [0.717, 1.165) is 19.6 Å². The molecule has 226 valence electrons. The monoisotopic (exact) mass is 560 g/mol. The second-order valence-corrected chi connectivity index (χ2v) is 13.9. The molecule has 1 fully saturated rings. The Morgan fingerprint density at radius 2 is 0.692 bits per heavy atom. The third kappa shape index (κ3) is 7.80. The van der Waals surface area contributed by atoms with Crippen LogP contribution in [0.4, 0.5) is 19.2 Å². The van der Waals surface area contributed by atoms with Gasteiger partial charge in [-0.1, -0.05) is 0 Å². The Kier molecular flexibility index (Phi) is 9.84. The molecule has 39 heavy (non-hydrogen) atoms. The maximum absolute atomic E-state index is 12.6. The highest BCUT2D eigenvalue weighted by Crippen LogP contribution is 2.38. The van der Waals surface area contributed by atoms with Crippen LogP contribution in [-0.4, -0.2) is 111 Å². The van der Waals surface area contributed by atoms with Gasteiger partial charge in [-0.2, -0.15) is 0 Å². The van der Waals surface area contributed by atoms with E-state index in [2.05, 4.69) is 0 Å². The minimum Gasteiger partial charge on any atom is -0.465 e. The zero-order chi connectivity index (χ0) is 31.0. The zero-order valence-electron chi connectivity index (χ0n) is 25.3. The molecule has 1 rings (SSSR count). The van der Waals surface area contributed by atoms with Crippen molar-refractivity contribution in [1.82, 2.24) is 19.6 Å². The quantitative estimate of drug-likeness (QED) is 0.315. The van der Waals surface area contributed by atoms with Gasteiger partial charge in [-0.15, -0.1) is 0 Å². The number of rotatable bonds is 6. The van der Waals surface area contributed by atoms with Crippen molar-refractivity contribution in [3.8, 4) is 0 Å². The van der Waals surface area contributed by atoms with Crippen LogP contribution in [0.15, 0.2) is 0 Å². The molecule has 4 amide bonds. The molecule has 0 aromatic carbocycles. The van der Waals surface area contributed by atoms with Crippen molar-refractivity contribution in [2.45, 2.75) is 143 Å². The molecular weight excluding hydrogens is 512 g/mol. The van der Waals surface area contributed by atoms with Gasteiger partial charge in [0.2, 0.25) is 0 Å². The predicted octanol–water partition coefficient (Wildman–Crippen LogP) is 5.30. The predicted molar refractivity (Wildman–Crippen MR) is 144 cm³/mol. The van der Waals surface area contributed by atoms with Crippen molar-refractivity contribution < 1.29 is 44.3 Å². The van der Waals surface area contributed by atoms with E-state index in [1.54, 1.807) is 83.1 Å². The lowest BCUT2D eigenvalue weighted by Crippen LogP contribution is -2.68. The third-order valence-electron chi connectivity index (χ3n) is 6.52. The standard InChI is InChI=1S/C26H48N4O9/c1-23(2,3)27(19(31)32)17(28(20(33)34)24(4,5)6)15-13-14-16(39-15)18(29(21(35)36)25(7,8)9)30(22(37)38)26(10,11)12/h15-18H,13-14H2,1-12H3,(H,31,32)(H,33,34)(H,35,36)(H,37,38)/t15-,16-/m0/s1.